The van der Waals surface area contributed by atoms with E-state index in [9.17, 15) is 13.5 Å². The highest BCUT2D eigenvalue weighted by molar-refractivity contribution is 7.91. The molecule has 0 aromatic carbocycles. The highest BCUT2D eigenvalue weighted by Crippen LogP contribution is 2.37. The Kier molecular flexibility index (Phi) is 3.79. The summed E-state index contributed by atoms with van der Waals surface area (Å²) in [5.41, 5.74) is 5.05. The fourth-order valence-electron chi connectivity index (χ4n) is 2.20. The van der Waals surface area contributed by atoms with Crippen molar-refractivity contribution in [2.75, 3.05) is 18.1 Å². The quantitative estimate of drug-likeness (QED) is 0.727. The Hall–Kier alpha value is -0.130. The number of rotatable bonds is 4. The van der Waals surface area contributed by atoms with Crippen molar-refractivity contribution >= 4 is 9.84 Å². The SMILES string of the molecule is CC(C)CC(O)C1(CN)CCS(=O)(=O)C1. The predicted molar refractivity (Wildman–Crippen MR) is 60.2 cm³/mol. The van der Waals surface area contributed by atoms with Crippen LogP contribution in [0.25, 0.3) is 0 Å². The molecule has 1 saturated heterocycles. The molecule has 90 valence electrons. The average molecular weight is 235 g/mol. The van der Waals surface area contributed by atoms with E-state index in [-0.39, 0.29) is 18.1 Å². The van der Waals surface area contributed by atoms with Crippen LogP contribution in [0.4, 0.5) is 0 Å². The van der Waals surface area contributed by atoms with Crippen molar-refractivity contribution in [2.24, 2.45) is 17.1 Å². The first kappa shape index (κ1) is 12.9. The van der Waals surface area contributed by atoms with Crippen LogP contribution in [0.15, 0.2) is 0 Å². The van der Waals surface area contributed by atoms with Crippen LogP contribution >= 0.6 is 0 Å². The second-order valence-corrected chi connectivity index (χ2v) is 7.24. The summed E-state index contributed by atoms with van der Waals surface area (Å²) >= 11 is 0. The molecule has 0 radical (unpaired) electrons. The molecule has 2 unspecified atom stereocenters. The normalized spacial score (nSPS) is 32.1. The van der Waals surface area contributed by atoms with Gasteiger partial charge >= 0.3 is 0 Å². The van der Waals surface area contributed by atoms with Crippen molar-refractivity contribution in [1.82, 2.24) is 0 Å². The lowest BCUT2D eigenvalue weighted by Crippen LogP contribution is -2.43. The van der Waals surface area contributed by atoms with Crippen LogP contribution in [0.1, 0.15) is 26.7 Å². The summed E-state index contributed by atoms with van der Waals surface area (Å²) in [6.45, 7) is 4.27. The smallest absolute Gasteiger partial charge is 0.151 e. The van der Waals surface area contributed by atoms with Crippen molar-refractivity contribution in [1.29, 1.82) is 0 Å². The Morgan fingerprint density at radius 1 is 1.47 bits per heavy atom. The first-order valence-electron chi connectivity index (χ1n) is 5.40. The lowest BCUT2D eigenvalue weighted by molar-refractivity contribution is 0.0315. The predicted octanol–water partition coefficient (Wildman–Crippen LogP) is 0.157. The number of nitrogens with two attached hydrogens (primary N) is 1. The number of hydrogen-bond acceptors (Lipinski definition) is 4. The van der Waals surface area contributed by atoms with Gasteiger partial charge < -0.3 is 10.8 Å². The molecular formula is C10H21NO3S. The van der Waals surface area contributed by atoms with Crippen LogP contribution in [0.5, 0.6) is 0 Å². The molecule has 0 spiro atoms. The van der Waals surface area contributed by atoms with Crippen molar-refractivity contribution in [3.05, 3.63) is 0 Å². The van der Waals surface area contributed by atoms with E-state index < -0.39 is 21.4 Å². The van der Waals surface area contributed by atoms with Gasteiger partial charge in [0.15, 0.2) is 9.84 Å². The van der Waals surface area contributed by atoms with E-state index >= 15 is 0 Å². The standard InChI is InChI=1S/C10H21NO3S/c1-8(2)5-9(12)10(6-11)3-4-15(13,14)7-10/h8-9,12H,3-7,11H2,1-2H3. The molecule has 0 aliphatic carbocycles. The molecule has 1 rings (SSSR count). The van der Waals surface area contributed by atoms with E-state index in [1.807, 2.05) is 13.8 Å². The molecule has 0 bridgehead atoms. The molecule has 2 atom stereocenters. The molecule has 4 nitrogen and oxygen atoms in total. The molecule has 0 aromatic rings. The molecule has 15 heavy (non-hydrogen) atoms. The number of sulfone groups is 1. The first-order chi connectivity index (χ1) is 6.81. The maximum atomic E-state index is 11.4. The first-order valence-corrected chi connectivity index (χ1v) is 7.22. The van der Waals surface area contributed by atoms with Gasteiger partial charge in [-0.05, 0) is 18.8 Å². The van der Waals surface area contributed by atoms with Crippen LogP contribution < -0.4 is 5.73 Å². The zero-order valence-corrected chi connectivity index (χ0v) is 10.3. The van der Waals surface area contributed by atoms with Crippen LogP contribution in [0.3, 0.4) is 0 Å². The number of aliphatic hydroxyl groups is 1. The number of hydrogen-bond donors (Lipinski definition) is 2. The highest BCUT2D eigenvalue weighted by atomic mass is 32.2. The maximum Gasteiger partial charge on any atom is 0.151 e. The summed E-state index contributed by atoms with van der Waals surface area (Å²) < 4.78 is 22.9. The van der Waals surface area contributed by atoms with Crippen LogP contribution in [-0.2, 0) is 9.84 Å². The third-order valence-corrected chi connectivity index (χ3v) is 5.07. The minimum Gasteiger partial charge on any atom is -0.392 e. The fraction of sp³-hybridized carbons (Fsp3) is 1.00. The van der Waals surface area contributed by atoms with E-state index in [0.717, 1.165) is 0 Å². The third kappa shape index (κ3) is 2.92. The third-order valence-electron chi connectivity index (χ3n) is 3.23. The van der Waals surface area contributed by atoms with Gasteiger partial charge in [0.25, 0.3) is 0 Å². The summed E-state index contributed by atoms with van der Waals surface area (Å²) in [6.07, 6.45) is 0.520. The van der Waals surface area contributed by atoms with Crippen molar-refractivity contribution in [3.63, 3.8) is 0 Å². The molecule has 1 aliphatic rings. The van der Waals surface area contributed by atoms with Crippen LogP contribution in [0.2, 0.25) is 0 Å². The molecule has 3 N–H and O–H groups in total. The average Bonchev–Trinajstić information content (AvgIpc) is 2.42. The van der Waals surface area contributed by atoms with Gasteiger partial charge in [-0.1, -0.05) is 13.8 Å². The zero-order chi connectivity index (χ0) is 11.7. The second-order valence-electron chi connectivity index (χ2n) is 5.05. The molecular weight excluding hydrogens is 214 g/mol. The molecule has 1 heterocycles. The van der Waals surface area contributed by atoms with Crippen molar-refractivity contribution in [2.45, 2.75) is 32.8 Å². The minimum atomic E-state index is -2.99. The lowest BCUT2D eigenvalue weighted by Gasteiger charge is -2.32. The van der Waals surface area contributed by atoms with Crippen molar-refractivity contribution < 1.29 is 13.5 Å². The van der Waals surface area contributed by atoms with E-state index in [1.54, 1.807) is 0 Å². The largest absolute Gasteiger partial charge is 0.392 e. The topological polar surface area (TPSA) is 80.4 Å². The Morgan fingerprint density at radius 2 is 2.07 bits per heavy atom. The molecule has 0 aromatic heterocycles. The van der Waals surface area contributed by atoms with Crippen LogP contribution in [0, 0.1) is 11.3 Å². The van der Waals surface area contributed by atoms with Crippen molar-refractivity contribution in [3.8, 4) is 0 Å². The molecule has 0 saturated carbocycles. The van der Waals surface area contributed by atoms with Gasteiger partial charge in [-0.3, -0.25) is 0 Å². The number of aliphatic hydroxyl groups excluding tert-OH is 1. The van der Waals surface area contributed by atoms with E-state index in [2.05, 4.69) is 0 Å². The Balaban J connectivity index is 2.79. The Labute approximate surface area is 91.8 Å². The Morgan fingerprint density at radius 3 is 2.40 bits per heavy atom. The Bertz CT molecular complexity index is 313. The second kappa shape index (κ2) is 4.39. The van der Waals surface area contributed by atoms with E-state index in [0.29, 0.717) is 18.8 Å². The summed E-state index contributed by atoms with van der Waals surface area (Å²) in [7, 11) is -2.99. The van der Waals surface area contributed by atoms with E-state index in [4.69, 9.17) is 5.73 Å². The van der Waals surface area contributed by atoms with Crippen LogP contribution in [-0.4, -0.2) is 37.7 Å². The summed E-state index contributed by atoms with van der Waals surface area (Å²) in [6, 6.07) is 0. The minimum absolute atomic E-state index is 0.0460. The van der Waals surface area contributed by atoms with Gasteiger partial charge in [-0.2, -0.15) is 0 Å². The highest BCUT2D eigenvalue weighted by Gasteiger charge is 2.46. The van der Waals surface area contributed by atoms with E-state index in [1.165, 1.54) is 0 Å². The molecule has 1 fully saturated rings. The molecule has 1 aliphatic heterocycles. The summed E-state index contributed by atoms with van der Waals surface area (Å²) in [5, 5.41) is 10.1. The molecule has 0 amide bonds. The van der Waals surface area contributed by atoms with Gasteiger partial charge in [-0.25, -0.2) is 8.42 Å². The monoisotopic (exact) mass is 235 g/mol. The van der Waals surface area contributed by atoms with Gasteiger partial charge in [0, 0.05) is 12.0 Å². The fourth-order valence-corrected chi connectivity index (χ4v) is 4.39. The van der Waals surface area contributed by atoms with Gasteiger partial charge in [0.2, 0.25) is 0 Å². The van der Waals surface area contributed by atoms with Gasteiger partial charge in [0.1, 0.15) is 0 Å². The lowest BCUT2D eigenvalue weighted by atomic mass is 9.78. The summed E-state index contributed by atoms with van der Waals surface area (Å²) in [5.74, 6) is 0.565. The zero-order valence-electron chi connectivity index (χ0n) is 9.44. The molecule has 5 heteroatoms. The maximum absolute atomic E-state index is 11.4. The van der Waals surface area contributed by atoms with Gasteiger partial charge in [0.05, 0.1) is 17.6 Å². The van der Waals surface area contributed by atoms with Gasteiger partial charge in [-0.15, -0.1) is 0 Å². The summed E-state index contributed by atoms with van der Waals surface area (Å²) in [4.78, 5) is 0.